The first-order valence-electron chi connectivity index (χ1n) is 7.84. The average molecular weight is 259 g/mol. The number of likely N-dealkylation sites (tertiary alicyclic amines) is 1. The highest BCUT2D eigenvalue weighted by Gasteiger charge is 2.28. The molecule has 1 aliphatic heterocycles. The second-order valence-electron chi connectivity index (χ2n) is 5.91. The number of hydrogen-bond acceptors (Lipinski definition) is 3. The number of hydrogen-bond donors (Lipinski definition) is 1. The van der Waals surface area contributed by atoms with Crippen LogP contribution in [0.4, 0.5) is 5.82 Å². The Balaban J connectivity index is 1.81. The van der Waals surface area contributed by atoms with Crippen molar-refractivity contribution in [3.05, 3.63) is 23.9 Å². The van der Waals surface area contributed by atoms with Gasteiger partial charge in [-0.15, -0.1) is 0 Å². The van der Waals surface area contributed by atoms with E-state index in [2.05, 4.69) is 34.3 Å². The van der Waals surface area contributed by atoms with Crippen molar-refractivity contribution in [2.75, 3.05) is 18.4 Å². The van der Waals surface area contributed by atoms with Gasteiger partial charge in [0.05, 0.1) is 0 Å². The first-order valence-corrected chi connectivity index (χ1v) is 7.84. The largest absolute Gasteiger partial charge is 0.367 e. The van der Waals surface area contributed by atoms with Gasteiger partial charge in [-0.25, -0.2) is 4.98 Å². The smallest absolute Gasteiger partial charge is 0.130 e. The molecule has 3 rings (SSSR count). The zero-order valence-electron chi connectivity index (χ0n) is 11.9. The summed E-state index contributed by atoms with van der Waals surface area (Å²) >= 11 is 0. The van der Waals surface area contributed by atoms with E-state index in [1.807, 2.05) is 6.20 Å². The van der Waals surface area contributed by atoms with Gasteiger partial charge in [0.25, 0.3) is 0 Å². The summed E-state index contributed by atoms with van der Waals surface area (Å²) in [4.78, 5) is 7.24. The molecule has 0 bridgehead atoms. The van der Waals surface area contributed by atoms with Gasteiger partial charge in [0.15, 0.2) is 0 Å². The molecular weight excluding hydrogens is 234 g/mol. The molecule has 0 aromatic carbocycles. The van der Waals surface area contributed by atoms with Crippen molar-refractivity contribution in [1.82, 2.24) is 9.88 Å². The van der Waals surface area contributed by atoms with Crippen molar-refractivity contribution < 1.29 is 0 Å². The molecule has 1 aromatic rings. The fourth-order valence-electron chi connectivity index (χ4n) is 3.13. The highest BCUT2D eigenvalue weighted by molar-refractivity contribution is 5.47. The first kappa shape index (κ1) is 12.9. The lowest BCUT2D eigenvalue weighted by atomic mass is 9.95. The van der Waals surface area contributed by atoms with Crippen molar-refractivity contribution in [2.45, 2.75) is 57.5 Å². The van der Waals surface area contributed by atoms with E-state index < -0.39 is 0 Å². The first-order chi connectivity index (χ1) is 9.38. The number of nitrogens with zero attached hydrogens (tertiary/aromatic N) is 2. The molecule has 1 aliphatic carbocycles. The topological polar surface area (TPSA) is 28.2 Å². The number of anilines is 1. The van der Waals surface area contributed by atoms with Crippen LogP contribution in [0.15, 0.2) is 18.3 Å². The predicted octanol–water partition coefficient (Wildman–Crippen LogP) is 3.59. The predicted molar refractivity (Wildman–Crippen MR) is 79.3 cm³/mol. The molecule has 3 heteroatoms. The minimum absolute atomic E-state index is 0.573. The molecule has 1 atom stereocenters. The van der Waals surface area contributed by atoms with Crippen LogP contribution in [0.3, 0.4) is 0 Å². The molecule has 1 saturated carbocycles. The van der Waals surface area contributed by atoms with E-state index >= 15 is 0 Å². The SMILES string of the molecule is CCCN1CCCC[C@@H]1c1cccnc1NC1CC1. The zero-order chi connectivity index (χ0) is 13.1. The highest BCUT2D eigenvalue weighted by Crippen LogP contribution is 2.35. The van der Waals surface area contributed by atoms with Gasteiger partial charge in [-0.05, 0) is 51.3 Å². The van der Waals surface area contributed by atoms with Crippen molar-refractivity contribution in [3.8, 4) is 0 Å². The minimum atomic E-state index is 0.573. The Morgan fingerprint density at radius 1 is 1.32 bits per heavy atom. The van der Waals surface area contributed by atoms with E-state index in [4.69, 9.17) is 0 Å². The Hall–Kier alpha value is -1.09. The molecule has 2 heterocycles. The molecule has 0 amide bonds. The number of piperidine rings is 1. The third-order valence-corrected chi connectivity index (χ3v) is 4.24. The van der Waals surface area contributed by atoms with Crippen LogP contribution in [0.2, 0.25) is 0 Å². The van der Waals surface area contributed by atoms with E-state index in [9.17, 15) is 0 Å². The number of rotatable bonds is 5. The van der Waals surface area contributed by atoms with E-state index in [1.165, 1.54) is 57.2 Å². The molecule has 1 saturated heterocycles. The Bertz CT molecular complexity index is 412. The molecule has 104 valence electrons. The van der Waals surface area contributed by atoms with Gasteiger partial charge in [-0.2, -0.15) is 0 Å². The van der Waals surface area contributed by atoms with Gasteiger partial charge < -0.3 is 5.32 Å². The van der Waals surface area contributed by atoms with Crippen molar-refractivity contribution >= 4 is 5.82 Å². The number of pyridine rings is 1. The van der Waals surface area contributed by atoms with Crippen LogP contribution in [0.5, 0.6) is 0 Å². The van der Waals surface area contributed by atoms with E-state index in [-0.39, 0.29) is 0 Å². The monoisotopic (exact) mass is 259 g/mol. The van der Waals surface area contributed by atoms with Crippen LogP contribution in [-0.2, 0) is 0 Å². The summed E-state index contributed by atoms with van der Waals surface area (Å²) in [6.45, 7) is 4.73. The molecule has 3 nitrogen and oxygen atoms in total. The Kier molecular flexibility index (Phi) is 4.02. The fraction of sp³-hybridized carbons (Fsp3) is 0.688. The lowest BCUT2D eigenvalue weighted by Gasteiger charge is -2.36. The lowest BCUT2D eigenvalue weighted by molar-refractivity contribution is 0.149. The summed E-state index contributed by atoms with van der Waals surface area (Å²) < 4.78 is 0. The Morgan fingerprint density at radius 3 is 3.00 bits per heavy atom. The fourth-order valence-corrected chi connectivity index (χ4v) is 3.13. The van der Waals surface area contributed by atoms with Crippen molar-refractivity contribution in [1.29, 1.82) is 0 Å². The standard InChI is InChI=1S/C16H25N3/c1-2-11-19-12-4-3-7-15(19)14-6-5-10-17-16(14)18-13-8-9-13/h5-6,10,13,15H,2-4,7-9,11-12H2,1H3,(H,17,18)/t15-/m1/s1. The Morgan fingerprint density at radius 2 is 2.21 bits per heavy atom. The molecular formula is C16H25N3. The molecule has 0 radical (unpaired) electrons. The average Bonchev–Trinajstić information content (AvgIpc) is 3.25. The van der Waals surface area contributed by atoms with Crippen LogP contribution in [0.25, 0.3) is 0 Å². The van der Waals surface area contributed by atoms with E-state index in [0.717, 1.165) is 5.82 Å². The molecule has 1 N–H and O–H groups in total. The quantitative estimate of drug-likeness (QED) is 0.876. The van der Waals surface area contributed by atoms with Gasteiger partial charge in [-0.3, -0.25) is 4.90 Å². The van der Waals surface area contributed by atoms with Gasteiger partial charge in [0.1, 0.15) is 5.82 Å². The molecule has 0 unspecified atom stereocenters. The van der Waals surface area contributed by atoms with Crippen LogP contribution in [0, 0.1) is 0 Å². The third-order valence-electron chi connectivity index (χ3n) is 4.24. The normalized spacial score (nSPS) is 24.4. The molecule has 19 heavy (non-hydrogen) atoms. The lowest BCUT2D eigenvalue weighted by Crippen LogP contribution is -2.34. The van der Waals surface area contributed by atoms with Gasteiger partial charge in [0, 0.05) is 23.8 Å². The van der Waals surface area contributed by atoms with Crippen LogP contribution in [0.1, 0.15) is 57.1 Å². The summed E-state index contributed by atoms with van der Waals surface area (Å²) in [5, 5.41) is 3.61. The van der Waals surface area contributed by atoms with Crippen molar-refractivity contribution in [3.63, 3.8) is 0 Å². The van der Waals surface area contributed by atoms with Gasteiger partial charge in [-0.1, -0.05) is 19.4 Å². The number of nitrogens with one attached hydrogen (secondary N) is 1. The summed E-state index contributed by atoms with van der Waals surface area (Å²) in [5.41, 5.74) is 1.42. The summed E-state index contributed by atoms with van der Waals surface area (Å²) in [6.07, 6.45) is 9.75. The molecule has 1 aromatic heterocycles. The maximum atomic E-state index is 4.59. The molecule has 2 fully saturated rings. The zero-order valence-corrected chi connectivity index (χ0v) is 11.9. The minimum Gasteiger partial charge on any atom is -0.367 e. The van der Waals surface area contributed by atoms with E-state index in [0.29, 0.717) is 12.1 Å². The maximum absolute atomic E-state index is 4.59. The van der Waals surface area contributed by atoms with Crippen molar-refractivity contribution in [2.24, 2.45) is 0 Å². The second-order valence-corrected chi connectivity index (χ2v) is 5.91. The maximum Gasteiger partial charge on any atom is 0.130 e. The Labute approximate surface area is 116 Å². The van der Waals surface area contributed by atoms with Crippen LogP contribution < -0.4 is 5.32 Å². The van der Waals surface area contributed by atoms with Gasteiger partial charge >= 0.3 is 0 Å². The second kappa shape index (κ2) is 5.91. The highest BCUT2D eigenvalue weighted by atomic mass is 15.2. The molecule has 2 aliphatic rings. The molecule has 0 spiro atoms. The van der Waals surface area contributed by atoms with Crippen LogP contribution in [-0.4, -0.2) is 29.0 Å². The summed E-state index contributed by atoms with van der Waals surface area (Å²) in [5.74, 6) is 1.14. The summed E-state index contributed by atoms with van der Waals surface area (Å²) in [6, 6.07) is 5.61. The third kappa shape index (κ3) is 3.08. The van der Waals surface area contributed by atoms with E-state index in [1.54, 1.807) is 0 Å². The summed E-state index contributed by atoms with van der Waals surface area (Å²) in [7, 11) is 0. The van der Waals surface area contributed by atoms with Gasteiger partial charge in [0.2, 0.25) is 0 Å². The number of aromatic nitrogens is 1. The van der Waals surface area contributed by atoms with Crippen LogP contribution >= 0.6 is 0 Å².